The van der Waals surface area contributed by atoms with E-state index in [9.17, 15) is 4.39 Å². The van der Waals surface area contributed by atoms with E-state index in [2.05, 4.69) is 15.4 Å². The molecule has 1 atom stereocenters. The van der Waals surface area contributed by atoms with Crippen LogP contribution in [-0.4, -0.2) is 27.9 Å². The van der Waals surface area contributed by atoms with Crippen LogP contribution in [0.3, 0.4) is 0 Å². The van der Waals surface area contributed by atoms with Gasteiger partial charge in [-0.15, -0.1) is 0 Å². The Balaban J connectivity index is 1.51. The highest BCUT2D eigenvalue weighted by atomic mass is 35.5. The maximum Gasteiger partial charge on any atom is 0.205 e. The van der Waals surface area contributed by atoms with Gasteiger partial charge < -0.3 is 20.2 Å². The summed E-state index contributed by atoms with van der Waals surface area (Å²) in [6.45, 7) is 3.85. The Hall–Kier alpha value is -2.81. The van der Waals surface area contributed by atoms with Crippen molar-refractivity contribution in [1.29, 1.82) is 0 Å². The van der Waals surface area contributed by atoms with E-state index in [1.807, 2.05) is 24.0 Å². The minimum absolute atomic E-state index is 0.0801. The molecule has 1 aromatic carbocycles. The number of aromatic nitrogens is 3. The molecule has 1 unspecified atom stereocenters. The van der Waals surface area contributed by atoms with E-state index in [-0.39, 0.29) is 16.6 Å². The monoisotopic (exact) mass is 503 g/mol. The van der Waals surface area contributed by atoms with E-state index in [0.717, 1.165) is 42.4 Å². The van der Waals surface area contributed by atoms with Crippen LogP contribution in [0.5, 0.6) is 5.75 Å². The van der Waals surface area contributed by atoms with E-state index in [4.69, 9.17) is 38.1 Å². The fourth-order valence-electron chi connectivity index (χ4n) is 4.39. The molecule has 4 aromatic rings. The minimum Gasteiger partial charge on any atom is -0.478 e. The molecule has 5 rings (SSSR count). The largest absolute Gasteiger partial charge is 0.478 e. The van der Waals surface area contributed by atoms with Gasteiger partial charge in [-0.1, -0.05) is 30.1 Å². The number of anilines is 1. The lowest BCUT2D eigenvalue weighted by Crippen LogP contribution is -2.29. The highest BCUT2D eigenvalue weighted by molar-refractivity contribution is 6.36. The average molecular weight is 504 g/mol. The summed E-state index contributed by atoms with van der Waals surface area (Å²) in [6, 6.07) is 3.05. The van der Waals surface area contributed by atoms with Crippen LogP contribution in [0.1, 0.15) is 43.9 Å². The van der Waals surface area contributed by atoms with Gasteiger partial charge in [-0.2, -0.15) is 5.10 Å². The lowest BCUT2D eigenvalue weighted by atomic mass is 10.1. The second-order valence-electron chi connectivity index (χ2n) is 8.33. The van der Waals surface area contributed by atoms with Crippen molar-refractivity contribution in [1.82, 2.24) is 20.1 Å². The van der Waals surface area contributed by atoms with E-state index in [1.54, 1.807) is 12.5 Å². The average Bonchev–Trinajstić information content (AvgIpc) is 3.50. The molecule has 1 aliphatic rings. The van der Waals surface area contributed by atoms with Crippen LogP contribution in [0.2, 0.25) is 10.0 Å². The molecule has 0 aliphatic carbocycles. The summed E-state index contributed by atoms with van der Waals surface area (Å²) in [7, 11) is 0. The summed E-state index contributed by atoms with van der Waals surface area (Å²) in [5.41, 5.74) is 8.72. The summed E-state index contributed by atoms with van der Waals surface area (Å²) < 4.78 is 28.3. The number of nitrogens with two attached hydrogens (primary N) is 1. The van der Waals surface area contributed by atoms with Crippen molar-refractivity contribution in [3.8, 4) is 16.9 Å². The van der Waals surface area contributed by atoms with Crippen molar-refractivity contribution in [2.24, 2.45) is 0 Å². The van der Waals surface area contributed by atoms with Gasteiger partial charge in [0.1, 0.15) is 18.2 Å². The van der Waals surface area contributed by atoms with Crippen molar-refractivity contribution < 1.29 is 13.5 Å². The fourth-order valence-corrected chi connectivity index (χ4v) is 5.01. The van der Waals surface area contributed by atoms with Gasteiger partial charge in [0, 0.05) is 34.1 Å². The summed E-state index contributed by atoms with van der Waals surface area (Å²) in [5.74, 6) is -0.155. The molecule has 4 heterocycles. The molecule has 34 heavy (non-hydrogen) atoms. The van der Waals surface area contributed by atoms with E-state index >= 15 is 0 Å². The fraction of sp³-hybridized carbons (Fsp3) is 0.333. The van der Waals surface area contributed by atoms with Crippen LogP contribution in [0, 0.1) is 5.82 Å². The van der Waals surface area contributed by atoms with Crippen LogP contribution < -0.4 is 15.8 Å². The van der Waals surface area contributed by atoms with Crippen molar-refractivity contribution in [2.45, 2.75) is 38.3 Å². The Bertz CT molecular complexity index is 1330. The molecular weight excluding hydrogens is 480 g/mol. The molecule has 0 bridgehead atoms. The third-order valence-electron chi connectivity index (χ3n) is 6.23. The summed E-state index contributed by atoms with van der Waals surface area (Å²) in [6.07, 6.45) is 9.03. The Labute approximate surface area is 206 Å². The number of nitrogen functional groups attached to an aromatic ring is 1. The number of ether oxygens (including phenoxy) is 1. The lowest BCUT2D eigenvalue weighted by molar-refractivity contribution is 0.202. The predicted molar refractivity (Wildman–Crippen MR) is 131 cm³/mol. The number of nitrogens with one attached hydrogen (secondary N) is 1. The number of nitrogens with zero attached hydrogens (tertiary/aromatic N) is 3. The minimum atomic E-state index is -0.651. The second-order valence-corrected chi connectivity index (χ2v) is 9.11. The molecule has 10 heteroatoms. The molecular formula is C24H24Cl2FN5O2. The zero-order valence-corrected chi connectivity index (χ0v) is 20.0. The van der Waals surface area contributed by atoms with Gasteiger partial charge in [0.15, 0.2) is 11.4 Å². The van der Waals surface area contributed by atoms with Crippen molar-refractivity contribution in [3.63, 3.8) is 0 Å². The van der Waals surface area contributed by atoms with Gasteiger partial charge in [-0.25, -0.2) is 9.37 Å². The molecule has 178 valence electrons. The quantitative estimate of drug-likeness (QED) is 0.305. The molecule has 0 saturated carbocycles. The number of furan rings is 1. The zero-order chi connectivity index (χ0) is 23.8. The third-order valence-corrected chi connectivity index (χ3v) is 6.94. The van der Waals surface area contributed by atoms with Crippen molar-refractivity contribution >= 4 is 40.0 Å². The molecule has 7 nitrogen and oxygen atoms in total. The predicted octanol–water partition coefficient (Wildman–Crippen LogP) is 6.17. The number of hydrogen-bond acceptors (Lipinski definition) is 6. The first-order valence-corrected chi connectivity index (χ1v) is 11.9. The normalized spacial score (nSPS) is 15.6. The summed E-state index contributed by atoms with van der Waals surface area (Å²) >= 11 is 12.6. The topological polar surface area (TPSA) is 91.1 Å². The first-order chi connectivity index (χ1) is 16.5. The van der Waals surface area contributed by atoms with Crippen molar-refractivity contribution in [3.05, 3.63) is 58.4 Å². The number of halogens is 3. The van der Waals surface area contributed by atoms with Gasteiger partial charge in [-0.3, -0.25) is 4.68 Å². The highest BCUT2D eigenvalue weighted by Crippen LogP contribution is 2.42. The maximum absolute atomic E-state index is 14.1. The highest BCUT2D eigenvalue weighted by Gasteiger charge is 2.25. The van der Waals surface area contributed by atoms with Crippen molar-refractivity contribution in [2.75, 3.05) is 18.8 Å². The number of fused-ring (bicyclic) bond motifs is 1. The number of piperidine rings is 1. The molecule has 1 fully saturated rings. The third kappa shape index (κ3) is 4.10. The maximum atomic E-state index is 14.1. The number of rotatable bonds is 6. The Morgan fingerprint density at radius 2 is 2.09 bits per heavy atom. The van der Waals surface area contributed by atoms with Crippen LogP contribution in [0.4, 0.5) is 10.2 Å². The second kappa shape index (κ2) is 9.44. The van der Waals surface area contributed by atoms with Gasteiger partial charge in [0.2, 0.25) is 5.75 Å². The van der Waals surface area contributed by atoms with Gasteiger partial charge in [0.25, 0.3) is 0 Å². The molecule has 1 saturated heterocycles. The van der Waals surface area contributed by atoms with Crippen LogP contribution >= 0.6 is 23.2 Å². The van der Waals surface area contributed by atoms with E-state index in [1.165, 1.54) is 12.1 Å². The molecule has 3 N–H and O–H groups in total. The van der Waals surface area contributed by atoms with Crippen LogP contribution in [0.15, 0.2) is 41.4 Å². The molecule has 0 amide bonds. The van der Waals surface area contributed by atoms with E-state index < -0.39 is 11.9 Å². The standard InChI is InChI=1S/C24H24Cl2FN5O2/c1-2-19(20-17(25)3-4-18(27)21(20)26)34-23-22-15(10-30-24(23)28)16(12-33-22)13-9-31-32(11-13)14-5-7-29-8-6-14/h3-4,9-12,14,19,29H,2,5-8H2,1H3,(H2,28,30). The Morgan fingerprint density at radius 3 is 2.85 bits per heavy atom. The SMILES string of the molecule is CCC(Oc1c(N)ncc2c(-c3cnn(C4CCNCC4)c3)coc12)c1c(Cl)ccc(F)c1Cl. The van der Waals surface area contributed by atoms with Crippen LogP contribution in [-0.2, 0) is 0 Å². The summed E-state index contributed by atoms with van der Waals surface area (Å²) in [5, 5.41) is 8.91. The van der Waals surface area contributed by atoms with Gasteiger partial charge in [0.05, 0.1) is 22.6 Å². The lowest BCUT2D eigenvalue weighted by Gasteiger charge is -2.22. The zero-order valence-electron chi connectivity index (χ0n) is 18.5. The summed E-state index contributed by atoms with van der Waals surface area (Å²) in [4.78, 5) is 4.32. The van der Waals surface area contributed by atoms with Gasteiger partial charge in [-0.05, 0) is 44.5 Å². The van der Waals surface area contributed by atoms with Gasteiger partial charge >= 0.3 is 0 Å². The number of benzene rings is 1. The Kier molecular flexibility index (Phi) is 6.38. The molecule has 1 aliphatic heterocycles. The number of pyridine rings is 1. The molecule has 0 spiro atoms. The molecule has 3 aromatic heterocycles. The first-order valence-electron chi connectivity index (χ1n) is 11.2. The smallest absolute Gasteiger partial charge is 0.205 e. The van der Waals surface area contributed by atoms with E-state index in [0.29, 0.717) is 28.6 Å². The Morgan fingerprint density at radius 1 is 1.29 bits per heavy atom. The van der Waals surface area contributed by atoms with Crippen LogP contribution in [0.25, 0.3) is 22.1 Å². The number of hydrogen-bond donors (Lipinski definition) is 2. The molecule has 0 radical (unpaired) electrons. The first kappa shape index (κ1) is 23.0.